The van der Waals surface area contributed by atoms with E-state index in [1.165, 1.54) is 0 Å². The summed E-state index contributed by atoms with van der Waals surface area (Å²) in [6.45, 7) is 5.06. The third-order valence-corrected chi connectivity index (χ3v) is 8.53. The number of ketones is 1. The SMILES string of the molecule is CCCC(=O)c1cnn(-c2ccc(N(C)C(=O)C3CN(C(=O)Cn4cc(C(N)=O)c5cc(Cl)ccc54)CCN3C)cc2)c1C. The molecule has 3 amide bonds. The summed E-state index contributed by atoms with van der Waals surface area (Å²) in [5, 5.41) is 5.46. The molecular formula is C32H36ClN7O4. The summed E-state index contributed by atoms with van der Waals surface area (Å²) in [5.41, 5.74) is 9.41. The molecule has 44 heavy (non-hydrogen) atoms. The summed E-state index contributed by atoms with van der Waals surface area (Å²) in [4.78, 5) is 56.8. The summed E-state index contributed by atoms with van der Waals surface area (Å²) >= 11 is 6.13. The van der Waals surface area contributed by atoms with Crippen LogP contribution in [0.1, 0.15) is 46.2 Å². The zero-order chi connectivity index (χ0) is 31.7. The lowest BCUT2D eigenvalue weighted by atomic mass is 10.1. The van der Waals surface area contributed by atoms with E-state index in [2.05, 4.69) is 5.10 Å². The van der Waals surface area contributed by atoms with Crippen molar-refractivity contribution in [1.82, 2.24) is 24.1 Å². The van der Waals surface area contributed by atoms with Crippen molar-refractivity contribution < 1.29 is 19.2 Å². The van der Waals surface area contributed by atoms with E-state index in [0.717, 1.165) is 17.8 Å². The first-order chi connectivity index (χ1) is 21.0. The molecule has 0 bridgehead atoms. The predicted molar refractivity (Wildman–Crippen MR) is 169 cm³/mol. The fourth-order valence-electron chi connectivity index (χ4n) is 5.68. The number of likely N-dealkylation sites (N-methyl/N-ethyl adjacent to an activating group) is 2. The summed E-state index contributed by atoms with van der Waals surface area (Å²) in [7, 11) is 3.59. The van der Waals surface area contributed by atoms with Gasteiger partial charge in [0, 0.05) is 60.9 Å². The number of carbonyl (C=O) groups is 4. The van der Waals surface area contributed by atoms with Gasteiger partial charge in [-0.15, -0.1) is 0 Å². The van der Waals surface area contributed by atoms with E-state index >= 15 is 0 Å². The quantitative estimate of drug-likeness (QED) is 0.286. The van der Waals surface area contributed by atoms with Gasteiger partial charge in [0.2, 0.25) is 11.8 Å². The molecule has 3 heterocycles. The maximum absolute atomic E-state index is 13.7. The van der Waals surface area contributed by atoms with Gasteiger partial charge in [-0.25, -0.2) is 4.68 Å². The molecule has 1 saturated heterocycles. The molecule has 12 heteroatoms. The molecule has 0 spiro atoms. The van der Waals surface area contributed by atoms with Crippen molar-refractivity contribution in [3.05, 3.63) is 76.7 Å². The number of anilines is 1. The van der Waals surface area contributed by atoms with Gasteiger partial charge in [-0.05, 0) is 62.9 Å². The van der Waals surface area contributed by atoms with E-state index in [1.807, 2.05) is 50.1 Å². The van der Waals surface area contributed by atoms with Gasteiger partial charge in [-0.3, -0.25) is 24.1 Å². The van der Waals surface area contributed by atoms with Gasteiger partial charge in [0.25, 0.3) is 5.91 Å². The smallest absolute Gasteiger partial charge is 0.250 e. The van der Waals surface area contributed by atoms with Crippen molar-refractivity contribution in [2.24, 2.45) is 5.73 Å². The lowest BCUT2D eigenvalue weighted by molar-refractivity contribution is -0.137. The van der Waals surface area contributed by atoms with Gasteiger partial charge in [-0.1, -0.05) is 18.5 Å². The zero-order valence-electron chi connectivity index (χ0n) is 25.3. The molecule has 0 aliphatic carbocycles. The number of hydrogen-bond donors (Lipinski definition) is 1. The standard InChI is InChI=1S/C32H36ClN7O4/c1-5-6-29(41)25-16-35-40(20(25)2)23-10-8-22(9-11-23)37(4)32(44)28-18-38(14-13-36(28)3)30(42)19-39-17-26(31(34)43)24-15-21(33)7-12-27(24)39/h7-12,15-17,28H,5-6,13-14,18-19H2,1-4H3,(H2,34,43). The first-order valence-corrected chi connectivity index (χ1v) is 14.9. The Kier molecular flexibility index (Phi) is 8.89. The lowest BCUT2D eigenvalue weighted by Crippen LogP contribution is -2.59. The molecule has 0 radical (unpaired) electrons. The number of fused-ring (bicyclic) bond motifs is 1. The number of primary amides is 1. The maximum Gasteiger partial charge on any atom is 0.250 e. The Morgan fingerprint density at radius 1 is 1.07 bits per heavy atom. The van der Waals surface area contributed by atoms with Gasteiger partial charge in [0.05, 0.1) is 28.7 Å². The minimum Gasteiger partial charge on any atom is -0.366 e. The maximum atomic E-state index is 13.7. The number of Topliss-reactive ketones (excluding diaryl/α,β-unsaturated/α-hetero) is 1. The van der Waals surface area contributed by atoms with Crippen LogP contribution in [0, 0.1) is 6.92 Å². The van der Waals surface area contributed by atoms with Gasteiger partial charge in [0.1, 0.15) is 12.6 Å². The van der Waals surface area contributed by atoms with E-state index in [-0.39, 0.29) is 30.7 Å². The largest absolute Gasteiger partial charge is 0.366 e. The fourth-order valence-corrected chi connectivity index (χ4v) is 5.85. The number of hydrogen-bond acceptors (Lipinski definition) is 6. The van der Waals surface area contributed by atoms with Gasteiger partial charge >= 0.3 is 0 Å². The fraction of sp³-hybridized carbons (Fsp3) is 0.344. The minimum absolute atomic E-state index is 0.00800. The minimum atomic E-state index is -0.601. The topological polar surface area (TPSA) is 127 Å². The molecule has 4 aromatic rings. The number of aromatic nitrogens is 3. The molecule has 2 N–H and O–H groups in total. The monoisotopic (exact) mass is 617 g/mol. The second-order valence-corrected chi connectivity index (χ2v) is 11.6. The van der Waals surface area contributed by atoms with Crippen molar-refractivity contribution >= 4 is 51.7 Å². The number of halogens is 1. The van der Waals surface area contributed by atoms with Crippen LogP contribution >= 0.6 is 11.6 Å². The van der Waals surface area contributed by atoms with Gasteiger partial charge < -0.3 is 20.1 Å². The molecule has 1 atom stereocenters. The molecule has 5 rings (SSSR count). The van der Waals surface area contributed by atoms with E-state index in [0.29, 0.717) is 52.3 Å². The number of piperazine rings is 1. The highest BCUT2D eigenvalue weighted by Crippen LogP contribution is 2.26. The molecular weight excluding hydrogens is 582 g/mol. The van der Waals surface area contributed by atoms with Crippen LogP contribution in [0.2, 0.25) is 5.02 Å². The summed E-state index contributed by atoms with van der Waals surface area (Å²) in [6, 6.07) is 12.0. The van der Waals surface area contributed by atoms with E-state index in [9.17, 15) is 19.2 Å². The summed E-state index contributed by atoms with van der Waals surface area (Å²) in [5.74, 6) is -0.838. The number of carbonyl (C=O) groups excluding carboxylic acids is 4. The number of amides is 3. The number of nitrogens with two attached hydrogens (primary N) is 1. The number of benzene rings is 2. The second kappa shape index (κ2) is 12.6. The van der Waals surface area contributed by atoms with Crippen molar-refractivity contribution in [1.29, 1.82) is 0 Å². The molecule has 1 unspecified atom stereocenters. The van der Waals surface area contributed by atoms with Crippen molar-refractivity contribution in [2.45, 2.75) is 39.3 Å². The van der Waals surface area contributed by atoms with Gasteiger partial charge in [-0.2, -0.15) is 5.10 Å². The first-order valence-electron chi connectivity index (χ1n) is 14.5. The van der Waals surface area contributed by atoms with Crippen LogP contribution in [-0.2, 0) is 16.1 Å². The Labute approximate surface area is 260 Å². The molecule has 230 valence electrons. The molecule has 1 aliphatic rings. The average Bonchev–Trinajstić information content (AvgIpc) is 3.56. The van der Waals surface area contributed by atoms with Crippen LogP contribution in [0.15, 0.2) is 54.9 Å². The Bertz CT molecular complexity index is 1740. The van der Waals surface area contributed by atoms with Crippen LogP contribution < -0.4 is 10.6 Å². The van der Waals surface area contributed by atoms with Crippen LogP contribution in [0.25, 0.3) is 16.6 Å². The highest BCUT2D eigenvalue weighted by molar-refractivity contribution is 6.31. The Balaban J connectivity index is 1.28. The number of nitrogens with zero attached hydrogens (tertiary/aromatic N) is 6. The second-order valence-electron chi connectivity index (χ2n) is 11.2. The number of rotatable bonds is 9. The van der Waals surface area contributed by atoms with Crippen LogP contribution in [0.3, 0.4) is 0 Å². The zero-order valence-corrected chi connectivity index (χ0v) is 26.0. The highest BCUT2D eigenvalue weighted by Gasteiger charge is 2.34. The lowest BCUT2D eigenvalue weighted by Gasteiger charge is -2.40. The van der Waals surface area contributed by atoms with Crippen molar-refractivity contribution in [2.75, 3.05) is 38.6 Å². The molecule has 1 fully saturated rings. The third kappa shape index (κ3) is 5.97. The molecule has 11 nitrogen and oxygen atoms in total. The Hall–Kier alpha value is -4.48. The van der Waals surface area contributed by atoms with Crippen LogP contribution in [0.5, 0.6) is 0 Å². The first kappa shape index (κ1) is 31.0. The summed E-state index contributed by atoms with van der Waals surface area (Å²) < 4.78 is 3.42. The third-order valence-electron chi connectivity index (χ3n) is 8.30. The van der Waals surface area contributed by atoms with E-state index < -0.39 is 11.9 Å². The van der Waals surface area contributed by atoms with Crippen LogP contribution in [0.4, 0.5) is 5.69 Å². The van der Waals surface area contributed by atoms with E-state index in [1.54, 1.807) is 56.7 Å². The predicted octanol–water partition coefficient (Wildman–Crippen LogP) is 3.68. The summed E-state index contributed by atoms with van der Waals surface area (Å²) in [6.07, 6.45) is 4.43. The Morgan fingerprint density at radius 2 is 1.80 bits per heavy atom. The molecule has 2 aromatic heterocycles. The molecule has 1 aliphatic heterocycles. The van der Waals surface area contributed by atoms with E-state index in [4.69, 9.17) is 17.3 Å². The Morgan fingerprint density at radius 3 is 2.48 bits per heavy atom. The van der Waals surface area contributed by atoms with Crippen LogP contribution in [-0.4, -0.2) is 87.4 Å². The highest BCUT2D eigenvalue weighted by atomic mass is 35.5. The van der Waals surface area contributed by atoms with Gasteiger partial charge in [0.15, 0.2) is 5.78 Å². The average molecular weight is 618 g/mol. The van der Waals surface area contributed by atoms with Crippen molar-refractivity contribution in [3.63, 3.8) is 0 Å². The molecule has 2 aromatic carbocycles. The van der Waals surface area contributed by atoms with Crippen molar-refractivity contribution in [3.8, 4) is 5.69 Å². The normalized spacial score (nSPS) is 15.5. The molecule has 0 saturated carbocycles.